The number of carbonyl (C=O) groups excluding carboxylic acids is 2. The summed E-state index contributed by atoms with van der Waals surface area (Å²) in [4.78, 5) is 25.3. The van der Waals surface area contributed by atoms with Gasteiger partial charge in [0.05, 0.1) is 6.10 Å². The second-order valence-electron chi connectivity index (χ2n) is 11.1. The van der Waals surface area contributed by atoms with E-state index in [1.807, 2.05) is 27.7 Å². The van der Waals surface area contributed by atoms with Gasteiger partial charge in [-0.2, -0.15) is 0 Å². The second kappa shape index (κ2) is 6.25. The van der Waals surface area contributed by atoms with E-state index in [4.69, 9.17) is 9.47 Å². The first-order chi connectivity index (χ1) is 14.4. The highest BCUT2D eigenvalue weighted by Crippen LogP contribution is 2.64. The first-order valence-corrected chi connectivity index (χ1v) is 11.4. The number of esters is 1. The Kier molecular flexibility index (Phi) is 4.19. The van der Waals surface area contributed by atoms with Crippen molar-refractivity contribution in [1.82, 2.24) is 0 Å². The molecule has 2 aliphatic heterocycles. The number of cyclic esters (lactones) is 1. The maximum Gasteiger partial charge on any atom is 0.342 e. The lowest BCUT2D eigenvalue weighted by molar-refractivity contribution is -0.212. The number of aromatic hydroxyl groups is 1. The van der Waals surface area contributed by atoms with Gasteiger partial charge in [-0.25, -0.2) is 4.79 Å². The number of phenols is 1. The number of phenolic OH excluding ortho intramolecular Hbond substituents is 1. The Labute approximate surface area is 182 Å². The highest BCUT2D eigenvalue weighted by Gasteiger charge is 2.65. The molecule has 6 heteroatoms. The van der Waals surface area contributed by atoms with Crippen LogP contribution >= 0.6 is 0 Å². The SMILES string of the molecule is C[C@@H]1Cc2c3c(cc(O)c2C(=O)O1)O[C@]1(C)[C@H](C3)[C@@]2(C)CCC(=O)C(C)(C)[C@@H]2C[C@@H]1O. The molecule has 4 aliphatic rings. The van der Waals surface area contributed by atoms with Crippen LogP contribution in [0.5, 0.6) is 11.5 Å². The van der Waals surface area contributed by atoms with E-state index in [-0.39, 0.29) is 40.5 Å². The van der Waals surface area contributed by atoms with E-state index in [1.54, 1.807) is 0 Å². The summed E-state index contributed by atoms with van der Waals surface area (Å²) in [6.45, 7) is 10.1. The topological polar surface area (TPSA) is 93.1 Å². The highest BCUT2D eigenvalue weighted by molar-refractivity contribution is 5.96. The predicted molar refractivity (Wildman–Crippen MR) is 113 cm³/mol. The van der Waals surface area contributed by atoms with Crippen molar-refractivity contribution in [2.24, 2.45) is 22.7 Å². The van der Waals surface area contributed by atoms with Gasteiger partial charge >= 0.3 is 5.97 Å². The van der Waals surface area contributed by atoms with Crippen molar-refractivity contribution in [3.8, 4) is 11.5 Å². The van der Waals surface area contributed by atoms with Gasteiger partial charge in [0.2, 0.25) is 0 Å². The van der Waals surface area contributed by atoms with Crippen molar-refractivity contribution in [3.63, 3.8) is 0 Å². The number of ether oxygens (including phenoxy) is 2. The van der Waals surface area contributed by atoms with E-state index in [0.29, 0.717) is 31.4 Å². The minimum absolute atomic E-state index is 0.0180. The Morgan fingerprint density at radius 3 is 2.48 bits per heavy atom. The van der Waals surface area contributed by atoms with E-state index < -0.39 is 23.1 Å². The minimum atomic E-state index is -0.823. The van der Waals surface area contributed by atoms with Gasteiger partial charge in [0.25, 0.3) is 0 Å². The van der Waals surface area contributed by atoms with Crippen LogP contribution < -0.4 is 4.74 Å². The monoisotopic (exact) mass is 428 g/mol. The third-order valence-electron chi connectivity index (χ3n) is 9.11. The molecule has 6 nitrogen and oxygen atoms in total. The first kappa shape index (κ1) is 20.8. The van der Waals surface area contributed by atoms with Gasteiger partial charge in [-0.15, -0.1) is 0 Å². The van der Waals surface area contributed by atoms with Crippen LogP contribution in [0.1, 0.15) is 75.4 Å². The van der Waals surface area contributed by atoms with Crippen molar-refractivity contribution in [1.29, 1.82) is 0 Å². The number of carbonyl (C=O) groups is 2. The Bertz CT molecular complexity index is 996. The summed E-state index contributed by atoms with van der Waals surface area (Å²) in [7, 11) is 0. The standard InChI is InChI=1S/C25H32O6/c1-12-8-14-13-9-18-24(4)7-6-19(27)23(2,3)17(24)11-20(28)25(18,5)31-16(13)10-15(26)21(14)22(29)30-12/h10,12,17-18,20,26,28H,6-9,11H2,1-5H3/t12-,17+,18-,20+,24+,25-/m1/s1. The maximum absolute atomic E-state index is 12.8. The lowest BCUT2D eigenvalue weighted by Crippen LogP contribution is -2.68. The molecule has 0 amide bonds. The van der Waals surface area contributed by atoms with Crippen LogP contribution in [0.3, 0.4) is 0 Å². The molecule has 0 radical (unpaired) electrons. The zero-order valence-corrected chi connectivity index (χ0v) is 18.9. The van der Waals surface area contributed by atoms with Crippen LogP contribution in [-0.2, 0) is 22.4 Å². The van der Waals surface area contributed by atoms with Crippen LogP contribution in [0.2, 0.25) is 0 Å². The lowest BCUT2D eigenvalue weighted by Gasteiger charge is -2.64. The van der Waals surface area contributed by atoms with Crippen molar-refractivity contribution >= 4 is 11.8 Å². The molecule has 1 aromatic rings. The fraction of sp³-hybridized carbons (Fsp3) is 0.680. The van der Waals surface area contributed by atoms with Crippen LogP contribution in [0.25, 0.3) is 0 Å². The molecule has 2 aliphatic carbocycles. The molecule has 0 unspecified atom stereocenters. The fourth-order valence-electron chi connectivity index (χ4n) is 7.32. The van der Waals surface area contributed by atoms with Gasteiger partial charge in [-0.3, -0.25) is 4.79 Å². The third kappa shape index (κ3) is 2.60. The van der Waals surface area contributed by atoms with Crippen molar-refractivity contribution < 1.29 is 29.3 Å². The number of fused-ring (bicyclic) bond motifs is 6. The molecule has 0 saturated heterocycles. The number of benzene rings is 1. The lowest BCUT2D eigenvalue weighted by atomic mass is 9.43. The summed E-state index contributed by atoms with van der Waals surface area (Å²) in [5, 5.41) is 21.8. The smallest absolute Gasteiger partial charge is 0.342 e. The Balaban J connectivity index is 1.67. The normalized spacial score (nSPS) is 40.6. The summed E-state index contributed by atoms with van der Waals surface area (Å²) in [6, 6.07) is 1.50. The largest absolute Gasteiger partial charge is 0.507 e. The van der Waals surface area contributed by atoms with Gasteiger partial charge in [-0.05, 0) is 55.6 Å². The zero-order chi connectivity index (χ0) is 22.5. The summed E-state index contributed by atoms with van der Waals surface area (Å²) in [5.41, 5.74) is 0.462. The molecule has 31 heavy (non-hydrogen) atoms. The minimum Gasteiger partial charge on any atom is -0.507 e. The Hall–Kier alpha value is -2.08. The molecule has 1 aromatic carbocycles. The summed E-state index contributed by atoms with van der Waals surface area (Å²) >= 11 is 0. The van der Waals surface area contributed by atoms with Crippen LogP contribution in [0.15, 0.2) is 6.07 Å². The molecule has 2 heterocycles. The van der Waals surface area contributed by atoms with Crippen LogP contribution in [0, 0.1) is 22.7 Å². The molecule has 0 bridgehead atoms. The van der Waals surface area contributed by atoms with E-state index in [9.17, 15) is 19.8 Å². The van der Waals surface area contributed by atoms with Crippen molar-refractivity contribution in [2.45, 2.75) is 84.5 Å². The number of aliphatic hydroxyl groups excluding tert-OH is 1. The van der Waals surface area contributed by atoms with Crippen LogP contribution in [0.4, 0.5) is 0 Å². The fourth-order valence-corrected chi connectivity index (χ4v) is 7.32. The number of hydrogen-bond acceptors (Lipinski definition) is 6. The number of aliphatic hydroxyl groups is 1. The quantitative estimate of drug-likeness (QED) is 0.614. The molecule has 2 fully saturated rings. The molecule has 2 N–H and O–H groups in total. The number of rotatable bonds is 0. The highest BCUT2D eigenvalue weighted by atomic mass is 16.5. The molecule has 2 saturated carbocycles. The third-order valence-corrected chi connectivity index (χ3v) is 9.11. The van der Waals surface area contributed by atoms with E-state index >= 15 is 0 Å². The molecule has 0 spiro atoms. The summed E-state index contributed by atoms with van der Waals surface area (Å²) in [6.07, 6.45) is 1.98. The van der Waals surface area contributed by atoms with Crippen LogP contribution in [-0.4, -0.2) is 39.8 Å². The van der Waals surface area contributed by atoms with Gasteiger partial charge in [0.1, 0.15) is 34.6 Å². The Morgan fingerprint density at radius 2 is 1.77 bits per heavy atom. The maximum atomic E-state index is 12.8. The molecule has 0 aromatic heterocycles. The van der Waals surface area contributed by atoms with Gasteiger partial charge in [-0.1, -0.05) is 20.8 Å². The molecule has 5 rings (SSSR count). The Morgan fingerprint density at radius 1 is 1.06 bits per heavy atom. The molecule has 6 atom stereocenters. The van der Waals surface area contributed by atoms with E-state index in [0.717, 1.165) is 17.5 Å². The summed E-state index contributed by atoms with van der Waals surface area (Å²) < 4.78 is 11.9. The van der Waals surface area contributed by atoms with Gasteiger partial charge in [0.15, 0.2) is 0 Å². The average Bonchev–Trinajstić information content (AvgIpc) is 2.66. The summed E-state index contributed by atoms with van der Waals surface area (Å²) in [5.74, 6) is 0.212. The van der Waals surface area contributed by atoms with Gasteiger partial charge < -0.3 is 19.7 Å². The van der Waals surface area contributed by atoms with Gasteiger partial charge in [0, 0.05) is 30.2 Å². The zero-order valence-electron chi connectivity index (χ0n) is 18.9. The van der Waals surface area contributed by atoms with E-state index in [1.165, 1.54) is 6.07 Å². The average molecular weight is 429 g/mol. The first-order valence-electron chi connectivity index (χ1n) is 11.4. The number of ketones is 1. The molecule has 168 valence electrons. The molecular weight excluding hydrogens is 396 g/mol. The van der Waals surface area contributed by atoms with Crippen molar-refractivity contribution in [3.05, 3.63) is 22.8 Å². The number of Topliss-reactive ketones (excluding diaryl/α,β-unsaturated/α-hetero) is 1. The number of hydrogen-bond donors (Lipinski definition) is 2. The van der Waals surface area contributed by atoms with Crippen molar-refractivity contribution in [2.75, 3.05) is 0 Å². The second-order valence-corrected chi connectivity index (χ2v) is 11.1. The molecular formula is C25H32O6. The predicted octanol–water partition coefficient (Wildman–Crippen LogP) is 3.58. The van der Waals surface area contributed by atoms with E-state index in [2.05, 4.69) is 6.92 Å².